The second kappa shape index (κ2) is 6.13. The molecule has 6 nitrogen and oxygen atoms in total. The number of allylic oxidation sites excluding steroid dienone is 1. The van der Waals surface area contributed by atoms with Crippen molar-refractivity contribution in [1.82, 2.24) is 4.90 Å². The molecule has 1 N–H and O–H groups in total. The van der Waals surface area contributed by atoms with E-state index in [0.29, 0.717) is 10.1 Å². The molecule has 0 saturated carbocycles. The highest BCUT2D eigenvalue weighted by molar-refractivity contribution is 8.17. The summed E-state index contributed by atoms with van der Waals surface area (Å²) >= 11 is 2.66. The van der Waals surface area contributed by atoms with Crippen molar-refractivity contribution in [2.45, 2.75) is 13.8 Å². The number of rotatable bonds is 3. The highest BCUT2D eigenvalue weighted by Crippen LogP contribution is 2.38. The van der Waals surface area contributed by atoms with Crippen molar-refractivity contribution in [2.75, 3.05) is 6.61 Å². The Morgan fingerprint density at radius 1 is 1.52 bits per heavy atom. The van der Waals surface area contributed by atoms with E-state index in [1.807, 2.05) is 17.5 Å². The van der Waals surface area contributed by atoms with Gasteiger partial charge >= 0.3 is 5.97 Å². The van der Waals surface area contributed by atoms with Crippen LogP contribution in [0.5, 0.6) is 0 Å². The van der Waals surface area contributed by atoms with Gasteiger partial charge in [0, 0.05) is 9.78 Å². The first-order chi connectivity index (χ1) is 11.0. The van der Waals surface area contributed by atoms with Crippen LogP contribution >= 0.6 is 23.1 Å². The highest BCUT2D eigenvalue weighted by atomic mass is 32.2. The molecule has 0 unspecified atom stereocenters. The largest absolute Gasteiger partial charge is 0.461 e. The predicted octanol–water partition coefficient (Wildman–Crippen LogP) is 2.85. The van der Waals surface area contributed by atoms with Crippen LogP contribution in [0.3, 0.4) is 0 Å². The van der Waals surface area contributed by atoms with Gasteiger partial charge < -0.3 is 4.74 Å². The van der Waals surface area contributed by atoms with Gasteiger partial charge in [-0.25, -0.2) is 4.79 Å². The molecule has 118 valence electrons. The van der Waals surface area contributed by atoms with Crippen LogP contribution in [-0.2, 0) is 14.3 Å². The van der Waals surface area contributed by atoms with Crippen molar-refractivity contribution in [3.05, 3.63) is 38.6 Å². The maximum absolute atomic E-state index is 12.2. The lowest BCUT2D eigenvalue weighted by atomic mass is 10.1. The zero-order chi connectivity index (χ0) is 16.6. The summed E-state index contributed by atoms with van der Waals surface area (Å²) in [5.74, 6) is -1.04. The van der Waals surface area contributed by atoms with Crippen molar-refractivity contribution < 1.29 is 14.3 Å². The molecule has 0 saturated heterocycles. The van der Waals surface area contributed by atoms with Crippen LogP contribution in [0.25, 0.3) is 6.08 Å². The monoisotopic (exact) mass is 347 g/mol. The van der Waals surface area contributed by atoms with Crippen molar-refractivity contribution in [1.29, 1.82) is 5.41 Å². The molecule has 8 heteroatoms. The topological polar surface area (TPSA) is 82.8 Å². The van der Waals surface area contributed by atoms with Crippen molar-refractivity contribution in [3.63, 3.8) is 0 Å². The van der Waals surface area contributed by atoms with Crippen molar-refractivity contribution >= 4 is 52.1 Å². The standard InChI is InChI=1S/C15H13N3O3S2/c1-3-21-14(20)11-8(2)23-15-17-13(19)10(12(16)18(11)15)7-9-5-4-6-22-9/h4-7,16H,3H2,1-2H3. The smallest absolute Gasteiger partial charge is 0.356 e. The number of nitrogens with zero attached hydrogens (tertiary/aromatic N) is 2. The Labute approximate surface area is 141 Å². The maximum atomic E-state index is 12.2. The van der Waals surface area contributed by atoms with Gasteiger partial charge in [0.15, 0.2) is 5.17 Å². The number of aliphatic imine (C=N–C) groups is 1. The molecule has 0 radical (unpaired) electrons. The number of thiophene rings is 1. The summed E-state index contributed by atoms with van der Waals surface area (Å²) in [5.41, 5.74) is 0.415. The molecule has 2 aliphatic heterocycles. The lowest BCUT2D eigenvalue weighted by Crippen LogP contribution is -2.40. The van der Waals surface area contributed by atoms with E-state index in [9.17, 15) is 9.59 Å². The summed E-state index contributed by atoms with van der Waals surface area (Å²) in [5, 5.41) is 10.6. The predicted molar refractivity (Wildman–Crippen MR) is 91.2 cm³/mol. The number of hydrogen-bond acceptors (Lipinski definition) is 6. The van der Waals surface area contributed by atoms with E-state index in [-0.39, 0.29) is 23.7 Å². The number of nitrogens with one attached hydrogen (secondary N) is 1. The molecular formula is C15H13N3O3S2. The van der Waals surface area contributed by atoms with Crippen LogP contribution in [0.1, 0.15) is 18.7 Å². The van der Waals surface area contributed by atoms with Gasteiger partial charge in [0.25, 0.3) is 5.91 Å². The quantitative estimate of drug-likeness (QED) is 0.671. The summed E-state index contributed by atoms with van der Waals surface area (Å²) in [4.78, 5) is 31.3. The van der Waals surface area contributed by atoms with E-state index in [4.69, 9.17) is 10.1 Å². The molecule has 1 amide bonds. The maximum Gasteiger partial charge on any atom is 0.356 e. The number of carbonyl (C=O) groups is 2. The highest BCUT2D eigenvalue weighted by Gasteiger charge is 2.41. The third-order valence-electron chi connectivity index (χ3n) is 3.20. The molecule has 2 aliphatic rings. The van der Waals surface area contributed by atoms with Crippen molar-refractivity contribution in [3.8, 4) is 0 Å². The Morgan fingerprint density at radius 3 is 2.96 bits per heavy atom. The van der Waals surface area contributed by atoms with E-state index in [0.717, 1.165) is 4.88 Å². The third-order valence-corrected chi connectivity index (χ3v) is 4.97. The number of amidine groups is 2. The second-order valence-electron chi connectivity index (χ2n) is 4.68. The van der Waals surface area contributed by atoms with Crippen LogP contribution < -0.4 is 0 Å². The molecule has 23 heavy (non-hydrogen) atoms. The lowest BCUT2D eigenvalue weighted by Gasteiger charge is -2.25. The molecule has 0 bridgehead atoms. The summed E-state index contributed by atoms with van der Waals surface area (Å²) < 4.78 is 5.06. The van der Waals surface area contributed by atoms with Gasteiger partial charge in [-0.3, -0.25) is 15.1 Å². The third kappa shape index (κ3) is 2.75. The van der Waals surface area contributed by atoms with Crippen LogP contribution in [0, 0.1) is 5.41 Å². The summed E-state index contributed by atoms with van der Waals surface area (Å²) in [6.45, 7) is 3.71. The summed E-state index contributed by atoms with van der Waals surface area (Å²) in [6, 6.07) is 3.71. The van der Waals surface area contributed by atoms with E-state index >= 15 is 0 Å². The van der Waals surface area contributed by atoms with Gasteiger partial charge in [0.2, 0.25) is 0 Å². The Kier molecular flexibility index (Phi) is 4.18. The number of ether oxygens (including phenoxy) is 1. The Morgan fingerprint density at radius 2 is 2.30 bits per heavy atom. The molecule has 1 aromatic heterocycles. The Balaban J connectivity index is 2.02. The van der Waals surface area contributed by atoms with E-state index in [1.165, 1.54) is 28.0 Å². The average Bonchev–Trinajstić information content (AvgIpc) is 3.10. The molecule has 0 spiro atoms. The summed E-state index contributed by atoms with van der Waals surface area (Å²) in [7, 11) is 0. The van der Waals surface area contributed by atoms with E-state index in [1.54, 1.807) is 19.9 Å². The summed E-state index contributed by atoms with van der Waals surface area (Å²) in [6.07, 6.45) is 1.62. The van der Waals surface area contributed by atoms with Crippen LogP contribution in [0.15, 0.2) is 38.7 Å². The minimum absolute atomic E-state index is 0.0548. The van der Waals surface area contributed by atoms with Gasteiger partial charge in [-0.2, -0.15) is 4.99 Å². The van der Waals surface area contributed by atoms with Gasteiger partial charge in [-0.1, -0.05) is 17.8 Å². The molecule has 0 aromatic carbocycles. The number of hydrogen-bond donors (Lipinski definition) is 1. The zero-order valence-electron chi connectivity index (χ0n) is 12.5. The van der Waals surface area contributed by atoms with Crippen LogP contribution in [-0.4, -0.2) is 34.4 Å². The Hall–Kier alpha value is -2.19. The molecule has 3 heterocycles. The first-order valence-electron chi connectivity index (χ1n) is 6.86. The number of thioether (sulfide) groups is 1. The normalized spacial score (nSPS) is 19.3. The van der Waals surface area contributed by atoms with Gasteiger partial charge in [-0.15, -0.1) is 11.3 Å². The molecule has 3 rings (SSSR count). The van der Waals surface area contributed by atoms with E-state index in [2.05, 4.69) is 4.99 Å². The van der Waals surface area contributed by atoms with Gasteiger partial charge in [0.05, 0.1) is 12.2 Å². The Bertz CT molecular complexity index is 791. The zero-order valence-corrected chi connectivity index (χ0v) is 14.1. The SMILES string of the molecule is CCOC(=O)C1=C(C)SC2=NC(=O)C(=Cc3cccs3)C(=N)N21. The number of carbonyl (C=O) groups excluding carboxylic acids is 2. The van der Waals surface area contributed by atoms with Gasteiger partial charge in [-0.05, 0) is 31.4 Å². The van der Waals surface area contributed by atoms with E-state index < -0.39 is 11.9 Å². The minimum Gasteiger partial charge on any atom is -0.461 e. The average molecular weight is 347 g/mol. The van der Waals surface area contributed by atoms with Gasteiger partial charge in [0.1, 0.15) is 11.5 Å². The molecule has 0 aliphatic carbocycles. The molecule has 0 fully saturated rings. The minimum atomic E-state index is -0.516. The van der Waals surface area contributed by atoms with Crippen molar-refractivity contribution in [2.24, 2.45) is 4.99 Å². The van der Waals surface area contributed by atoms with Crippen LogP contribution in [0.2, 0.25) is 0 Å². The molecular weight excluding hydrogens is 334 g/mol. The second-order valence-corrected chi connectivity index (χ2v) is 6.85. The fraction of sp³-hybridized carbons (Fsp3) is 0.200. The first-order valence-corrected chi connectivity index (χ1v) is 8.55. The lowest BCUT2D eigenvalue weighted by molar-refractivity contribution is -0.139. The molecule has 1 aromatic rings. The first kappa shape index (κ1) is 15.7. The fourth-order valence-electron chi connectivity index (χ4n) is 2.21. The number of esters is 1. The number of fused-ring (bicyclic) bond motifs is 1. The number of amides is 1. The molecule has 0 atom stereocenters. The van der Waals surface area contributed by atoms with Crippen LogP contribution in [0.4, 0.5) is 0 Å². The fourth-order valence-corrected chi connectivity index (χ4v) is 3.82.